The van der Waals surface area contributed by atoms with Crippen molar-refractivity contribution in [1.82, 2.24) is 0 Å². The molecule has 0 spiro atoms. The third kappa shape index (κ3) is 4.23. The molecule has 26 heavy (non-hydrogen) atoms. The highest BCUT2D eigenvalue weighted by molar-refractivity contribution is 14.1. The van der Waals surface area contributed by atoms with Gasteiger partial charge in [0.15, 0.2) is 0 Å². The average molecular weight is 623 g/mol. The van der Waals surface area contributed by atoms with E-state index in [9.17, 15) is 35.1 Å². The van der Waals surface area contributed by atoms with E-state index in [2.05, 4.69) is 6.07 Å². The third-order valence-electron chi connectivity index (χ3n) is 3.06. The standard InChI is InChI=1S/C15H5F8I2S/c16-9-4-2-1-3-8(9)12-10(25)5-7(24)6-11(12)26-15(22,23)13(17,18)14(19,20)21/h1-4,6H. The number of hydrogen-bond acceptors (Lipinski definition) is 1. The summed E-state index contributed by atoms with van der Waals surface area (Å²) in [6, 6.07) is 8.57. The zero-order valence-electron chi connectivity index (χ0n) is 12.1. The van der Waals surface area contributed by atoms with Gasteiger partial charge in [0.25, 0.3) is 0 Å². The Balaban J connectivity index is 2.63. The lowest BCUT2D eigenvalue weighted by atomic mass is 10.1. The van der Waals surface area contributed by atoms with Crippen LogP contribution in [0.25, 0.3) is 11.1 Å². The van der Waals surface area contributed by atoms with Gasteiger partial charge in [-0.15, -0.1) is 0 Å². The van der Waals surface area contributed by atoms with Gasteiger partial charge in [0, 0.05) is 29.2 Å². The van der Waals surface area contributed by atoms with E-state index in [1.165, 1.54) is 18.2 Å². The van der Waals surface area contributed by atoms with Crippen LogP contribution >= 0.6 is 56.9 Å². The molecule has 11 heteroatoms. The second-order valence-corrected chi connectivity index (χ2v) is 8.24. The molecule has 1 radical (unpaired) electrons. The molecule has 0 atom stereocenters. The molecule has 2 rings (SSSR count). The largest absolute Gasteiger partial charge is 0.460 e. The molecule has 0 N–H and O–H groups in total. The maximum Gasteiger partial charge on any atom is 0.460 e. The van der Waals surface area contributed by atoms with Crippen molar-refractivity contribution in [1.29, 1.82) is 0 Å². The molecule has 0 aliphatic heterocycles. The van der Waals surface area contributed by atoms with Crippen LogP contribution in [0.2, 0.25) is 0 Å². The van der Waals surface area contributed by atoms with Crippen molar-refractivity contribution in [2.45, 2.75) is 22.2 Å². The molecule has 0 amide bonds. The highest BCUT2D eigenvalue weighted by Gasteiger charge is 2.73. The third-order valence-corrected chi connectivity index (χ3v) is 5.50. The van der Waals surface area contributed by atoms with Crippen molar-refractivity contribution in [2.24, 2.45) is 0 Å². The molecule has 141 valence electrons. The van der Waals surface area contributed by atoms with Crippen molar-refractivity contribution < 1.29 is 35.1 Å². The second kappa shape index (κ2) is 7.60. The van der Waals surface area contributed by atoms with Crippen LogP contribution in [0.4, 0.5) is 35.1 Å². The summed E-state index contributed by atoms with van der Waals surface area (Å²) < 4.78 is 106. The van der Waals surface area contributed by atoms with Crippen LogP contribution in [0.15, 0.2) is 35.2 Å². The number of hydrogen-bond donors (Lipinski definition) is 0. The van der Waals surface area contributed by atoms with E-state index in [1.807, 2.05) is 0 Å². The van der Waals surface area contributed by atoms with Crippen LogP contribution in [-0.4, -0.2) is 17.4 Å². The topological polar surface area (TPSA) is 0 Å². The lowest BCUT2D eigenvalue weighted by Crippen LogP contribution is -2.49. The van der Waals surface area contributed by atoms with Crippen LogP contribution in [0.5, 0.6) is 0 Å². The Kier molecular flexibility index (Phi) is 6.43. The molecule has 0 heterocycles. The van der Waals surface area contributed by atoms with Crippen LogP contribution in [-0.2, 0) is 0 Å². The highest BCUT2D eigenvalue weighted by Crippen LogP contribution is 2.55. The van der Waals surface area contributed by atoms with Gasteiger partial charge < -0.3 is 0 Å². The minimum atomic E-state index is -6.44. The minimum Gasteiger partial charge on any atom is -0.206 e. The van der Waals surface area contributed by atoms with Gasteiger partial charge in [-0.25, -0.2) is 4.39 Å². The first-order chi connectivity index (χ1) is 11.8. The Morgan fingerprint density at radius 3 is 2.04 bits per heavy atom. The van der Waals surface area contributed by atoms with Gasteiger partial charge in [-0.2, -0.15) is 30.7 Å². The SMILES string of the molecule is Fc1ccccc1-c1c(I)[c]c(I)cc1SC(F)(F)C(F)(F)C(F)(F)F. The van der Waals surface area contributed by atoms with Gasteiger partial charge in [-0.05, 0) is 69.1 Å². The van der Waals surface area contributed by atoms with Gasteiger partial charge >= 0.3 is 17.4 Å². The van der Waals surface area contributed by atoms with Crippen molar-refractivity contribution in [3.63, 3.8) is 0 Å². The smallest absolute Gasteiger partial charge is 0.206 e. The number of alkyl halides is 7. The average Bonchev–Trinajstić information content (AvgIpc) is 2.46. The quantitative estimate of drug-likeness (QED) is 0.195. The zero-order valence-corrected chi connectivity index (χ0v) is 17.2. The number of rotatable bonds is 4. The van der Waals surface area contributed by atoms with E-state index in [0.717, 1.165) is 12.1 Å². The summed E-state index contributed by atoms with van der Waals surface area (Å²) in [7, 11) is 0. The molecule has 0 aliphatic rings. The van der Waals surface area contributed by atoms with E-state index in [1.54, 1.807) is 45.2 Å². The molecular formula is C15H5F8I2S. The zero-order chi connectivity index (χ0) is 19.9. The Bertz CT molecular complexity index is 820. The van der Waals surface area contributed by atoms with Crippen LogP contribution in [0.3, 0.4) is 0 Å². The molecule has 2 aromatic rings. The second-order valence-electron chi connectivity index (χ2n) is 4.84. The summed E-state index contributed by atoms with van der Waals surface area (Å²) in [6.45, 7) is 0. The molecule has 0 saturated heterocycles. The number of benzene rings is 2. The van der Waals surface area contributed by atoms with E-state index in [-0.39, 0.29) is 18.3 Å². The van der Waals surface area contributed by atoms with Gasteiger partial charge in [0.05, 0.1) is 0 Å². The summed E-state index contributed by atoms with van der Waals surface area (Å²) in [4.78, 5) is -0.614. The van der Waals surface area contributed by atoms with Gasteiger partial charge in [-0.1, -0.05) is 18.2 Å². The Morgan fingerprint density at radius 1 is 0.923 bits per heavy atom. The predicted molar refractivity (Wildman–Crippen MR) is 97.9 cm³/mol. The van der Waals surface area contributed by atoms with Crippen molar-refractivity contribution in [3.8, 4) is 11.1 Å². The molecule has 0 unspecified atom stereocenters. The van der Waals surface area contributed by atoms with Crippen molar-refractivity contribution in [2.75, 3.05) is 0 Å². The van der Waals surface area contributed by atoms with Crippen molar-refractivity contribution in [3.05, 3.63) is 49.4 Å². The molecule has 0 aliphatic carbocycles. The fraction of sp³-hybridized carbons (Fsp3) is 0.200. The van der Waals surface area contributed by atoms with Crippen LogP contribution in [0, 0.1) is 19.0 Å². The summed E-state index contributed by atoms with van der Waals surface area (Å²) in [5.41, 5.74) is -0.440. The molecule has 0 bridgehead atoms. The monoisotopic (exact) mass is 623 g/mol. The van der Waals surface area contributed by atoms with Crippen LogP contribution < -0.4 is 0 Å². The molecule has 2 aromatic carbocycles. The highest BCUT2D eigenvalue weighted by atomic mass is 127. The fourth-order valence-electron chi connectivity index (χ4n) is 1.86. The summed E-state index contributed by atoms with van der Waals surface area (Å²) in [5, 5.41) is -5.50. The molecule has 0 fully saturated rings. The van der Waals surface area contributed by atoms with Crippen molar-refractivity contribution >= 4 is 56.9 Å². The lowest BCUT2D eigenvalue weighted by Gasteiger charge is -2.28. The lowest BCUT2D eigenvalue weighted by molar-refractivity contribution is -0.330. The predicted octanol–water partition coefficient (Wildman–Crippen LogP) is 7.38. The maximum absolute atomic E-state index is 14.0. The Hall–Kier alpha value is -0.310. The first kappa shape index (κ1) is 22.0. The van der Waals surface area contributed by atoms with E-state index >= 15 is 0 Å². The first-order valence-corrected chi connectivity index (χ1v) is 9.43. The fourth-order valence-corrected chi connectivity index (χ4v) is 5.24. The summed E-state index contributed by atoms with van der Waals surface area (Å²) >= 11 is 2.31. The maximum atomic E-state index is 14.0. The van der Waals surface area contributed by atoms with Crippen LogP contribution in [0.1, 0.15) is 0 Å². The molecule has 0 saturated carbocycles. The Labute approximate surface area is 174 Å². The normalized spacial score (nSPS) is 13.2. The van der Waals surface area contributed by atoms with Gasteiger partial charge in [0.1, 0.15) is 5.82 Å². The summed E-state index contributed by atoms with van der Waals surface area (Å²) in [5.74, 6) is -7.11. The first-order valence-electron chi connectivity index (χ1n) is 6.45. The van der Waals surface area contributed by atoms with E-state index < -0.39 is 39.8 Å². The Morgan fingerprint density at radius 2 is 1.50 bits per heavy atom. The van der Waals surface area contributed by atoms with E-state index in [4.69, 9.17) is 0 Å². The number of halogens is 10. The number of thioether (sulfide) groups is 1. The molecular weight excluding hydrogens is 618 g/mol. The molecule has 0 nitrogen and oxygen atoms in total. The summed E-state index contributed by atoms with van der Waals surface area (Å²) in [6.07, 6.45) is -6.44. The van der Waals surface area contributed by atoms with E-state index in [0.29, 0.717) is 0 Å². The van der Waals surface area contributed by atoms with Gasteiger partial charge in [-0.3, -0.25) is 0 Å². The minimum absolute atomic E-state index is 0.105. The molecule has 0 aromatic heterocycles. The van der Waals surface area contributed by atoms with Gasteiger partial charge in [0.2, 0.25) is 0 Å².